The largest absolute Gasteiger partial charge is 0.487 e. The minimum Gasteiger partial charge on any atom is -0.487 e. The molecule has 0 saturated heterocycles. The van der Waals surface area contributed by atoms with Crippen molar-refractivity contribution in [3.8, 4) is 5.75 Å². The zero-order valence-electron chi connectivity index (χ0n) is 9.20. The predicted molar refractivity (Wildman–Crippen MR) is 62.9 cm³/mol. The second-order valence-electron chi connectivity index (χ2n) is 4.22. The molecule has 1 aliphatic rings. The number of hydrogen-bond acceptors (Lipinski definition) is 2. The molecule has 0 aromatic heterocycles. The van der Waals surface area contributed by atoms with Crippen molar-refractivity contribution in [1.29, 1.82) is 0 Å². The number of benzene rings is 1. The second kappa shape index (κ2) is 5.19. The highest BCUT2D eigenvalue weighted by Crippen LogP contribution is 2.50. The van der Waals surface area contributed by atoms with Crippen LogP contribution in [0.4, 0.5) is 8.78 Å². The van der Waals surface area contributed by atoms with E-state index < -0.39 is 13.0 Å². The summed E-state index contributed by atoms with van der Waals surface area (Å²) < 4.78 is 29.3. The lowest BCUT2D eigenvalue weighted by atomic mass is 10.1. The van der Waals surface area contributed by atoms with Crippen molar-refractivity contribution in [2.45, 2.75) is 18.8 Å². The van der Waals surface area contributed by atoms with Gasteiger partial charge in [-0.15, -0.1) is 0 Å². The Balaban J connectivity index is 2.14. The van der Waals surface area contributed by atoms with Crippen LogP contribution in [0.5, 0.6) is 5.75 Å². The molecule has 1 aliphatic carbocycles. The second-order valence-corrected chi connectivity index (χ2v) is 4.66. The first-order valence-corrected chi connectivity index (χ1v) is 5.90. The van der Waals surface area contributed by atoms with Gasteiger partial charge < -0.3 is 10.5 Å². The van der Waals surface area contributed by atoms with Crippen LogP contribution in [0.15, 0.2) is 18.2 Å². The van der Waals surface area contributed by atoms with E-state index in [-0.39, 0.29) is 0 Å². The zero-order valence-corrected chi connectivity index (χ0v) is 9.96. The molecular weight excluding hydrogens is 248 g/mol. The smallest absolute Gasteiger partial charge is 0.272 e. The van der Waals surface area contributed by atoms with Crippen molar-refractivity contribution in [2.75, 3.05) is 13.2 Å². The third-order valence-corrected chi connectivity index (χ3v) is 3.20. The SMILES string of the molecule is NCC1CC1c1cc(Cl)ccc1OCC(F)F. The molecule has 2 unspecified atom stereocenters. The number of ether oxygens (including phenoxy) is 1. The molecule has 1 aromatic carbocycles. The molecule has 2 nitrogen and oxygen atoms in total. The van der Waals surface area contributed by atoms with Crippen LogP contribution in [0.2, 0.25) is 5.02 Å². The first kappa shape index (κ1) is 12.6. The first-order valence-electron chi connectivity index (χ1n) is 5.52. The Morgan fingerprint density at radius 2 is 2.24 bits per heavy atom. The van der Waals surface area contributed by atoms with E-state index in [1.54, 1.807) is 18.2 Å². The van der Waals surface area contributed by atoms with E-state index in [1.165, 1.54) is 0 Å². The number of halogens is 3. The lowest BCUT2D eigenvalue weighted by Crippen LogP contribution is -2.09. The highest BCUT2D eigenvalue weighted by Gasteiger charge is 2.39. The summed E-state index contributed by atoms with van der Waals surface area (Å²) in [4.78, 5) is 0. The van der Waals surface area contributed by atoms with E-state index in [9.17, 15) is 8.78 Å². The average Bonchev–Trinajstić information content (AvgIpc) is 3.06. The molecule has 17 heavy (non-hydrogen) atoms. The molecule has 1 saturated carbocycles. The van der Waals surface area contributed by atoms with Crippen molar-refractivity contribution in [1.82, 2.24) is 0 Å². The van der Waals surface area contributed by atoms with Crippen LogP contribution >= 0.6 is 11.6 Å². The van der Waals surface area contributed by atoms with Gasteiger partial charge in [0, 0.05) is 5.02 Å². The van der Waals surface area contributed by atoms with Gasteiger partial charge in [-0.25, -0.2) is 8.78 Å². The van der Waals surface area contributed by atoms with Crippen LogP contribution < -0.4 is 10.5 Å². The van der Waals surface area contributed by atoms with E-state index >= 15 is 0 Å². The number of rotatable bonds is 5. The van der Waals surface area contributed by atoms with Crippen LogP contribution in [0.25, 0.3) is 0 Å². The Hall–Kier alpha value is -0.870. The fourth-order valence-electron chi connectivity index (χ4n) is 1.98. The topological polar surface area (TPSA) is 35.2 Å². The summed E-state index contributed by atoms with van der Waals surface area (Å²) in [5, 5.41) is 0.590. The molecule has 0 heterocycles. The molecule has 5 heteroatoms. The van der Waals surface area contributed by atoms with Crippen molar-refractivity contribution in [2.24, 2.45) is 11.7 Å². The standard InChI is InChI=1S/C12H14ClF2NO/c13-8-1-2-11(17-6-12(14)15)10(4-8)9-3-7(9)5-16/h1-2,4,7,9,12H,3,5-6,16H2. The molecule has 0 bridgehead atoms. The van der Waals surface area contributed by atoms with Gasteiger partial charge in [-0.3, -0.25) is 0 Å². The molecular formula is C12H14ClF2NO. The van der Waals surface area contributed by atoms with E-state index in [1.807, 2.05) is 0 Å². The summed E-state index contributed by atoms with van der Waals surface area (Å²) in [5.41, 5.74) is 6.47. The van der Waals surface area contributed by atoms with Crippen LogP contribution in [0, 0.1) is 5.92 Å². The van der Waals surface area contributed by atoms with Crippen molar-refractivity contribution in [3.63, 3.8) is 0 Å². The maximum absolute atomic E-state index is 12.1. The molecule has 94 valence electrons. The van der Waals surface area contributed by atoms with Crippen LogP contribution in [0.1, 0.15) is 17.9 Å². The maximum Gasteiger partial charge on any atom is 0.272 e. The molecule has 1 aromatic rings. The Morgan fingerprint density at radius 3 is 2.82 bits per heavy atom. The Morgan fingerprint density at radius 1 is 1.47 bits per heavy atom. The fraction of sp³-hybridized carbons (Fsp3) is 0.500. The first-order chi connectivity index (χ1) is 8.11. The van der Waals surface area contributed by atoms with Crippen molar-refractivity contribution >= 4 is 11.6 Å². The molecule has 2 rings (SSSR count). The summed E-state index contributed by atoms with van der Waals surface area (Å²) in [7, 11) is 0. The molecule has 2 atom stereocenters. The highest BCUT2D eigenvalue weighted by atomic mass is 35.5. The average molecular weight is 262 g/mol. The summed E-state index contributed by atoms with van der Waals surface area (Å²) in [6, 6.07) is 5.07. The number of alkyl halides is 2. The van der Waals surface area contributed by atoms with E-state index in [2.05, 4.69) is 0 Å². The summed E-state index contributed by atoms with van der Waals surface area (Å²) >= 11 is 5.91. The van der Waals surface area contributed by atoms with Gasteiger partial charge in [-0.05, 0) is 48.6 Å². The lowest BCUT2D eigenvalue weighted by Gasteiger charge is -2.11. The van der Waals surface area contributed by atoms with E-state index in [0.29, 0.717) is 29.2 Å². The molecule has 0 spiro atoms. The third-order valence-electron chi connectivity index (χ3n) is 2.96. The molecule has 0 aliphatic heterocycles. The zero-order chi connectivity index (χ0) is 12.4. The lowest BCUT2D eigenvalue weighted by molar-refractivity contribution is 0.0814. The molecule has 2 N–H and O–H groups in total. The third kappa shape index (κ3) is 3.07. The molecule has 1 fully saturated rings. The van der Waals surface area contributed by atoms with Gasteiger partial charge >= 0.3 is 0 Å². The monoisotopic (exact) mass is 261 g/mol. The fourth-order valence-corrected chi connectivity index (χ4v) is 2.16. The van der Waals surface area contributed by atoms with Crippen LogP contribution in [-0.2, 0) is 0 Å². The normalized spacial score (nSPS) is 22.9. The van der Waals surface area contributed by atoms with Gasteiger partial charge in [0.25, 0.3) is 6.43 Å². The minimum absolute atomic E-state index is 0.298. The minimum atomic E-state index is -2.47. The predicted octanol–water partition coefficient (Wildman–Crippen LogP) is 3.05. The van der Waals surface area contributed by atoms with E-state index in [4.69, 9.17) is 22.1 Å². The number of hydrogen-bond donors (Lipinski definition) is 1. The maximum atomic E-state index is 12.1. The van der Waals surface area contributed by atoms with E-state index in [0.717, 1.165) is 12.0 Å². The van der Waals surface area contributed by atoms with Gasteiger partial charge in [0.2, 0.25) is 0 Å². The van der Waals surface area contributed by atoms with Crippen LogP contribution in [-0.4, -0.2) is 19.6 Å². The van der Waals surface area contributed by atoms with Gasteiger partial charge in [0.05, 0.1) is 0 Å². The summed E-state index contributed by atoms with van der Waals surface area (Å²) in [6.45, 7) is 0.0140. The summed E-state index contributed by atoms with van der Waals surface area (Å²) in [6.07, 6.45) is -1.50. The molecule has 0 radical (unpaired) electrons. The van der Waals surface area contributed by atoms with Crippen LogP contribution in [0.3, 0.4) is 0 Å². The van der Waals surface area contributed by atoms with Gasteiger partial charge in [0.1, 0.15) is 12.4 Å². The number of nitrogens with two attached hydrogens (primary N) is 1. The quantitative estimate of drug-likeness (QED) is 0.884. The Labute approximate surface area is 104 Å². The Kier molecular flexibility index (Phi) is 3.84. The van der Waals surface area contributed by atoms with Crippen molar-refractivity contribution < 1.29 is 13.5 Å². The van der Waals surface area contributed by atoms with Gasteiger partial charge in [-0.1, -0.05) is 11.6 Å². The summed E-state index contributed by atoms with van der Waals surface area (Å²) in [5.74, 6) is 1.21. The van der Waals surface area contributed by atoms with Gasteiger partial charge in [0.15, 0.2) is 0 Å². The van der Waals surface area contributed by atoms with Crippen molar-refractivity contribution in [3.05, 3.63) is 28.8 Å². The Bertz CT molecular complexity index is 400. The molecule has 0 amide bonds. The highest BCUT2D eigenvalue weighted by molar-refractivity contribution is 6.30. The van der Waals surface area contributed by atoms with Gasteiger partial charge in [-0.2, -0.15) is 0 Å².